The number of carboxylic acid groups (broad SMARTS) is 1. The number of ether oxygens (including phenoxy) is 1. The van der Waals surface area contributed by atoms with Gasteiger partial charge >= 0.3 is 5.97 Å². The van der Waals surface area contributed by atoms with Crippen molar-refractivity contribution in [3.63, 3.8) is 0 Å². The Morgan fingerprint density at radius 2 is 1.87 bits per heavy atom. The quantitative estimate of drug-likeness (QED) is 0.829. The Hall–Kier alpha value is -3.13. The van der Waals surface area contributed by atoms with Crippen LogP contribution in [0.15, 0.2) is 42.5 Å². The molecule has 5 heteroatoms. The summed E-state index contributed by atoms with van der Waals surface area (Å²) >= 11 is 0. The van der Waals surface area contributed by atoms with Gasteiger partial charge in [0.15, 0.2) is 5.78 Å². The molecule has 0 unspecified atom stereocenters. The third kappa shape index (κ3) is 4.17. The van der Waals surface area contributed by atoms with Crippen LogP contribution < -0.4 is 4.74 Å². The van der Waals surface area contributed by atoms with Gasteiger partial charge in [-0.15, -0.1) is 0 Å². The molecule has 0 amide bonds. The number of rotatable bonds is 6. The van der Waals surface area contributed by atoms with Gasteiger partial charge < -0.3 is 9.84 Å². The molecule has 0 saturated heterocycles. The van der Waals surface area contributed by atoms with Gasteiger partial charge in [0.1, 0.15) is 18.4 Å². The van der Waals surface area contributed by atoms with E-state index >= 15 is 0 Å². The highest BCUT2D eigenvalue weighted by atomic mass is 16.5. The molecule has 0 radical (unpaired) electrons. The standard InChI is InChI=1S/C18H15NO4/c1-12(20)17-7-6-16(8-15(17)10-19)23-11-14-5-3-2-4-13(14)9-18(21)22/h2-8H,9,11H2,1H3,(H,21,22). The first-order valence-electron chi connectivity index (χ1n) is 6.97. The van der Waals surface area contributed by atoms with Crippen molar-refractivity contribution in [2.75, 3.05) is 0 Å². The minimum absolute atomic E-state index is 0.0771. The molecule has 2 rings (SSSR count). The van der Waals surface area contributed by atoms with Crippen LogP contribution in [-0.2, 0) is 17.8 Å². The van der Waals surface area contributed by atoms with Crippen LogP contribution in [0.5, 0.6) is 5.75 Å². The lowest BCUT2D eigenvalue weighted by Crippen LogP contribution is -2.06. The van der Waals surface area contributed by atoms with E-state index < -0.39 is 5.97 Å². The number of benzene rings is 2. The van der Waals surface area contributed by atoms with Gasteiger partial charge in [-0.05, 0) is 36.2 Å². The molecule has 0 atom stereocenters. The van der Waals surface area contributed by atoms with Crippen molar-refractivity contribution in [1.82, 2.24) is 0 Å². The predicted octanol–water partition coefficient (Wildman–Crippen LogP) is 2.97. The first kappa shape index (κ1) is 16.2. The van der Waals surface area contributed by atoms with E-state index in [0.717, 1.165) is 5.56 Å². The van der Waals surface area contributed by atoms with Gasteiger partial charge in [-0.2, -0.15) is 5.26 Å². The zero-order chi connectivity index (χ0) is 16.8. The van der Waals surface area contributed by atoms with E-state index in [1.165, 1.54) is 13.0 Å². The lowest BCUT2D eigenvalue weighted by atomic mass is 10.0. The first-order valence-corrected chi connectivity index (χ1v) is 6.97. The maximum atomic E-state index is 11.4. The normalized spacial score (nSPS) is 9.91. The van der Waals surface area contributed by atoms with Crippen LogP contribution in [0.4, 0.5) is 0 Å². The predicted molar refractivity (Wildman–Crippen MR) is 83.3 cm³/mol. The van der Waals surface area contributed by atoms with Crippen LogP contribution in [0.2, 0.25) is 0 Å². The smallest absolute Gasteiger partial charge is 0.307 e. The van der Waals surface area contributed by atoms with E-state index in [0.29, 0.717) is 16.9 Å². The highest BCUT2D eigenvalue weighted by Gasteiger charge is 2.10. The maximum absolute atomic E-state index is 11.4. The molecular formula is C18H15NO4. The number of carboxylic acids is 1. The molecule has 0 aliphatic heterocycles. The average Bonchev–Trinajstić information content (AvgIpc) is 2.53. The maximum Gasteiger partial charge on any atom is 0.307 e. The second-order valence-corrected chi connectivity index (χ2v) is 5.00. The number of carbonyl (C=O) groups is 2. The third-order valence-electron chi connectivity index (χ3n) is 3.35. The molecule has 23 heavy (non-hydrogen) atoms. The molecule has 5 nitrogen and oxygen atoms in total. The van der Waals surface area contributed by atoms with Crippen LogP contribution in [0.25, 0.3) is 0 Å². The number of Topliss-reactive ketones (excluding diaryl/α,β-unsaturated/α-hetero) is 1. The van der Waals surface area contributed by atoms with E-state index in [4.69, 9.17) is 15.1 Å². The van der Waals surface area contributed by atoms with E-state index in [-0.39, 0.29) is 24.4 Å². The molecule has 0 heterocycles. The average molecular weight is 309 g/mol. The fraction of sp³-hybridized carbons (Fsp3) is 0.167. The first-order chi connectivity index (χ1) is 11.0. The number of nitriles is 1. The summed E-state index contributed by atoms with van der Waals surface area (Å²) in [5.74, 6) is -0.633. The highest BCUT2D eigenvalue weighted by molar-refractivity contribution is 5.96. The number of nitrogens with zero attached hydrogens (tertiary/aromatic N) is 1. The van der Waals surface area contributed by atoms with Crippen molar-refractivity contribution < 1.29 is 19.4 Å². The monoisotopic (exact) mass is 309 g/mol. The highest BCUT2D eigenvalue weighted by Crippen LogP contribution is 2.20. The van der Waals surface area contributed by atoms with E-state index in [9.17, 15) is 9.59 Å². The van der Waals surface area contributed by atoms with E-state index in [1.54, 1.807) is 30.3 Å². The Bertz CT molecular complexity index is 790. The molecule has 1 N–H and O–H groups in total. The fourth-order valence-corrected chi connectivity index (χ4v) is 2.21. The van der Waals surface area contributed by atoms with Crippen molar-refractivity contribution in [2.45, 2.75) is 20.0 Å². The molecule has 0 spiro atoms. The molecule has 0 aromatic heterocycles. The summed E-state index contributed by atoms with van der Waals surface area (Å²) < 4.78 is 5.64. The molecule has 0 fully saturated rings. The summed E-state index contributed by atoms with van der Waals surface area (Å²) in [6.07, 6.45) is -0.0771. The second kappa shape index (κ2) is 7.23. The topological polar surface area (TPSA) is 87.4 Å². The Morgan fingerprint density at radius 1 is 1.17 bits per heavy atom. The van der Waals surface area contributed by atoms with Gasteiger partial charge in [-0.1, -0.05) is 24.3 Å². The Balaban J connectivity index is 2.17. The Kier molecular flexibility index (Phi) is 5.11. The van der Waals surface area contributed by atoms with Gasteiger partial charge in [-0.3, -0.25) is 9.59 Å². The number of ketones is 1. The van der Waals surface area contributed by atoms with Gasteiger partial charge in [0, 0.05) is 5.56 Å². The summed E-state index contributed by atoms with van der Waals surface area (Å²) in [5, 5.41) is 18.0. The van der Waals surface area contributed by atoms with Gasteiger partial charge in [-0.25, -0.2) is 0 Å². The van der Waals surface area contributed by atoms with Gasteiger partial charge in [0.25, 0.3) is 0 Å². The Labute approximate surface area is 133 Å². The molecule has 0 saturated carbocycles. The number of carbonyl (C=O) groups excluding carboxylic acids is 1. The summed E-state index contributed by atoms with van der Waals surface area (Å²) in [6, 6.07) is 13.8. The third-order valence-corrected chi connectivity index (χ3v) is 3.35. The minimum Gasteiger partial charge on any atom is -0.489 e. The van der Waals surface area contributed by atoms with Crippen LogP contribution in [-0.4, -0.2) is 16.9 Å². The van der Waals surface area contributed by atoms with Crippen molar-refractivity contribution in [3.8, 4) is 11.8 Å². The molecule has 0 aliphatic carbocycles. The van der Waals surface area contributed by atoms with E-state index in [1.807, 2.05) is 12.1 Å². The summed E-state index contributed by atoms with van der Waals surface area (Å²) in [5.41, 5.74) is 2.06. The number of hydrogen-bond acceptors (Lipinski definition) is 4. The SMILES string of the molecule is CC(=O)c1ccc(OCc2ccccc2CC(=O)O)cc1C#N. The molecule has 2 aromatic rings. The second-order valence-electron chi connectivity index (χ2n) is 5.00. The summed E-state index contributed by atoms with van der Waals surface area (Å²) in [4.78, 5) is 22.3. The Morgan fingerprint density at radius 3 is 2.48 bits per heavy atom. The van der Waals surface area contributed by atoms with Crippen molar-refractivity contribution in [2.24, 2.45) is 0 Å². The molecule has 116 valence electrons. The zero-order valence-electron chi connectivity index (χ0n) is 12.6. The van der Waals surface area contributed by atoms with Crippen LogP contribution in [0.1, 0.15) is 34.0 Å². The van der Waals surface area contributed by atoms with Crippen molar-refractivity contribution in [3.05, 3.63) is 64.7 Å². The summed E-state index contributed by atoms with van der Waals surface area (Å²) in [7, 11) is 0. The molecule has 2 aromatic carbocycles. The minimum atomic E-state index is -0.907. The lowest BCUT2D eigenvalue weighted by Gasteiger charge is -2.11. The van der Waals surface area contributed by atoms with Crippen LogP contribution >= 0.6 is 0 Å². The van der Waals surface area contributed by atoms with Crippen molar-refractivity contribution >= 4 is 11.8 Å². The van der Waals surface area contributed by atoms with E-state index in [2.05, 4.69) is 0 Å². The van der Waals surface area contributed by atoms with Crippen LogP contribution in [0, 0.1) is 11.3 Å². The van der Waals surface area contributed by atoms with Crippen LogP contribution in [0.3, 0.4) is 0 Å². The number of hydrogen-bond donors (Lipinski definition) is 1. The van der Waals surface area contributed by atoms with Gasteiger partial charge in [0.2, 0.25) is 0 Å². The number of aliphatic carboxylic acids is 1. The zero-order valence-corrected chi connectivity index (χ0v) is 12.6. The summed E-state index contributed by atoms with van der Waals surface area (Å²) in [6.45, 7) is 1.59. The fourth-order valence-electron chi connectivity index (χ4n) is 2.21. The molecule has 0 aliphatic rings. The lowest BCUT2D eigenvalue weighted by molar-refractivity contribution is -0.136. The molecular weight excluding hydrogens is 294 g/mol. The molecule has 0 bridgehead atoms. The van der Waals surface area contributed by atoms with Crippen molar-refractivity contribution in [1.29, 1.82) is 5.26 Å². The largest absolute Gasteiger partial charge is 0.489 e. The van der Waals surface area contributed by atoms with Gasteiger partial charge in [0.05, 0.1) is 12.0 Å².